The first-order valence-corrected chi connectivity index (χ1v) is 7.16. The van der Waals surface area contributed by atoms with Crippen molar-refractivity contribution in [3.8, 4) is 0 Å². The van der Waals surface area contributed by atoms with Crippen LogP contribution in [0, 0.1) is 0 Å². The molecule has 1 aliphatic rings. The topological polar surface area (TPSA) is 59.5 Å². The highest BCUT2D eigenvalue weighted by atomic mass is 16.5. The van der Waals surface area contributed by atoms with Gasteiger partial charge in [-0.1, -0.05) is 18.2 Å². The average molecular weight is 296 g/mol. The number of aromatic nitrogens is 1. The van der Waals surface area contributed by atoms with Crippen LogP contribution in [0.4, 0.5) is 5.69 Å². The van der Waals surface area contributed by atoms with Crippen LogP contribution in [-0.2, 0) is 27.2 Å². The van der Waals surface area contributed by atoms with Crippen molar-refractivity contribution in [2.75, 3.05) is 18.1 Å². The Bertz CT molecular complexity index is 669. The smallest absolute Gasteiger partial charge is 0.259 e. The van der Waals surface area contributed by atoms with Gasteiger partial charge in [0, 0.05) is 11.9 Å². The van der Waals surface area contributed by atoms with Crippen LogP contribution >= 0.6 is 0 Å². The fraction of sp³-hybridized carbons (Fsp3) is 0.235. The maximum atomic E-state index is 11.9. The van der Waals surface area contributed by atoms with Crippen LogP contribution < -0.4 is 4.90 Å². The second-order valence-corrected chi connectivity index (χ2v) is 5.11. The predicted octanol–water partition coefficient (Wildman–Crippen LogP) is 1.76. The van der Waals surface area contributed by atoms with E-state index < -0.39 is 0 Å². The van der Waals surface area contributed by atoms with E-state index in [0.717, 1.165) is 24.1 Å². The van der Waals surface area contributed by atoms with E-state index in [1.807, 2.05) is 36.4 Å². The molecule has 0 aliphatic carbocycles. The number of nitrogens with zero attached hydrogens (tertiary/aromatic N) is 2. The van der Waals surface area contributed by atoms with Crippen LogP contribution in [0.2, 0.25) is 0 Å². The van der Waals surface area contributed by atoms with Gasteiger partial charge in [-0.2, -0.15) is 0 Å². The lowest BCUT2D eigenvalue weighted by Gasteiger charge is -2.25. The Labute approximate surface area is 128 Å². The summed E-state index contributed by atoms with van der Waals surface area (Å²) >= 11 is 0. The van der Waals surface area contributed by atoms with Crippen molar-refractivity contribution in [3.63, 3.8) is 0 Å². The molecule has 2 heterocycles. The van der Waals surface area contributed by atoms with E-state index in [9.17, 15) is 9.59 Å². The number of carbonyl (C=O) groups excluding carboxylic acids is 2. The third-order valence-corrected chi connectivity index (χ3v) is 3.51. The van der Waals surface area contributed by atoms with E-state index in [-0.39, 0.29) is 25.0 Å². The Balaban J connectivity index is 1.75. The largest absolute Gasteiger partial charge is 0.362 e. The molecule has 1 fully saturated rings. The normalized spacial score (nSPS) is 15.2. The summed E-state index contributed by atoms with van der Waals surface area (Å²) in [6, 6.07) is 13.3. The van der Waals surface area contributed by atoms with E-state index in [2.05, 4.69) is 4.98 Å². The van der Waals surface area contributed by atoms with Crippen LogP contribution in [0.1, 0.15) is 11.3 Å². The van der Waals surface area contributed by atoms with Gasteiger partial charge in [0.15, 0.2) is 0 Å². The van der Waals surface area contributed by atoms with Gasteiger partial charge in [0.1, 0.15) is 13.2 Å². The van der Waals surface area contributed by atoms with Crippen molar-refractivity contribution < 1.29 is 14.3 Å². The number of morpholine rings is 1. The van der Waals surface area contributed by atoms with Crippen molar-refractivity contribution in [3.05, 3.63) is 59.9 Å². The van der Waals surface area contributed by atoms with E-state index in [4.69, 9.17) is 4.74 Å². The van der Waals surface area contributed by atoms with Gasteiger partial charge >= 0.3 is 0 Å². The molecule has 0 bridgehead atoms. The molecule has 0 atom stereocenters. The summed E-state index contributed by atoms with van der Waals surface area (Å²) in [5.74, 6) is -0.642. The van der Waals surface area contributed by atoms with E-state index in [1.54, 1.807) is 12.3 Å². The molecule has 0 spiro atoms. The maximum Gasteiger partial charge on any atom is 0.259 e. The molecule has 0 radical (unpaired) electrons. The first-order valence-electron chi connectivity index (χ1n) is 7.16. The van der Waals surface area contributed by atoms with Crippen LogP contribution in [0.25, 0.3) is 0 Å². The van der Waals surface area contributed by atoms with Gasteiger partial charge in [-0.15, -0.1) is 0 Å². The Kier molecular flexibility index (Phi) is 4.25. The van der Waals surface area contributed by atoms with E-state index in [0.29, 0.717) is 5.69 Å². The average Bonchev–Trinajstić information content (AvgIpc) is 2.54. The molecular weight excluding hydrogens is 280 g/mol. The Morgan fingerprint density at radius 2 is 1.82 bits per heavy atom. The predicted molar refractivity (Wildman–Crippen MR) is 81.4 cm³/mol. The highest BCUT2D eigenvalue weighted by Crippen LogP contribution is 2.20. The molecule has 2 amide bonds. The maximum absolute atomic E-state index is 11.9. The van der Waals surface area contributed by atoms with Gasteiger partial charge in [0.25, 0.3) is 11.8 Å². The number of benzene rings is 1. The van der Waals surface area contributed by atoms with E-state index in [1.165, 1.54) is 4.90 Å². The number of hydrogen-bond donors (Lipinski definition) is 0. The summed E-state index contributed by atoms with van der Waals surface area (Å²) in [5.41, 5.74) is 2.69. The van der Waals surface area contributed by atoms with Crippen molar-refractivity contribution >= 4 is 17.5 Å². The van der Waals surface area contributed by atoms with Crippen LogP contribution in [0.15, 0.2) is 48.7 Å². The Morgan fingerprint density at radius 1 is 1.00 bits per heavy atom. The standard InChI is InChI=1S/C17H16N2O3/c20-16-11-22-12-17(21)19(16)15-6-3-4-13(10-15)7-8-14-5-1-2-9-18-14/h1-6,9-10H,7-8,11-12H2. The molecule has 22 heavy (non-hydrogen) atoms. The highest BCUT2D eigenvalue weighted by Gasteiger charge is 2.28. The fourth-order valence-electron chi connectivity index (χ4n) is 2.45. The molecule has 1 saturated heterocycles. The molecule has 0 N–H and O–H groups in total. The van der Waals surface area contributed by atoms with Gasteiger partial charge in [-0.05, 0) is 42.7 Å². The zero-order valence-corrected chi connectivity index (χ0v) is 12.1. The van der Waals surface area contributed by atoms with Crippen molar-refractivity contribution in [1.82, 2.24) is 4.98 Å². The molecule has 1 aromatic carbocycles. The minimum Gasteiger partial charge on any atom is -0.362 e. The summed E-state index contributed by atoms with van der Waals surface area (Å²) in [5, 5.41) is 0. The lowest BCUT2D eigenvalue weighted by atomic mass is 10.1. The van der Waals surface area contributed by atoms with Gasteiger partial charge in [-0.3, -0.25) is 14.6 Å². The zero-order chi connectivity index (χ0) is 15.4. The number of hydrogen-bond acceptors (Lipinski definition) is 4. The molecule has 112 valence electrons. The summed E-state index contributed by atoms with van der Waals surface area (Å²) in [6.07, 6.45) is 3.39. The van der Waals surface area contributed by atoms with Crippen molar-refractivity contribution in [2.45, 2.75) is 12.8 Å². The molecule has 5 heteroatoms. The molecule has 3 rings (SSSR count). The minimum absolute atomic E-state index is 0.0517. The summed E-state index contributed by atoms with van der Waals surface area (Å²) in [4.78, 5) is 29.2. The van der Waals surface area contributed by atoms with Crippen LogP contribution in [0.3, 0.4) is 0 Å². The second kappa shape index (κ2) is 6.49. The molecule has 2 aromatic rings. The summed E-state index contributed by atoms with van der Waals surface area (Å²) in [6.45, 7) is -0.103. The quantitative estimate of drug-likeness (QED) is 0.807. The van der Waals surface area contributed by atoms with Crippen LogP contribution in [-0.4, -0.2) is 30.0 Å². The van der Waals surface area contributed by atoms with E-state index >= 15 is 0 Å². The molecule has 0 saturated carbocycles. The number of carbonyl (C=O) groups is 2. The van der Waals surface area contributed by atoms with Gasteiger partial charge < -0.3 is 4.74 Å². The number of amides is 2. The zero-order valence-electron chi connectivity index (χ0n) is 12.1. The number of rotatable bonds is 4. The molecule has 1 aliphatic heterocycles. The monoisotopic (exact) mass is 296 g/mol. The van der Waals surface area contributed by atoms with Gasteiger partial charge in [0.2, 0.25) is 0 Å². The number of imide groups is 1. The lowest BCUT2D eigenvalue weighted by Crippen LogP contribution is -2.46. The number of ether oxygens (including phenoxy) is 1. The lowest BCUT2D eigenvalue weighted by molar-refractivity contribution is -0.138. The third kappa shape index (κ3) is 3.20. The minimum atomic E-state index is -0.321. The van der Waals surface area contributed by atoms with Crippen molar-refractivity contribution in [1.29, 1.82) is 0 Å². The Morgan fingerprint density at radius 3 is 2.55 bits per heavy atom. The Hall–Kier alpha value is -2.53. The second-order valence-electron chi connectivity index (χ2n) is 5.11. The summed E-state index contributed by atoms with van der Waals surface area (Å²) < 4.78 is 4.93. The first kappa shape index (κ1) is 14.4. The molecule has 5 nitrogen and oxygen atoms in total. The highest BCUT2D eigenvalue weighted by molar-refractivity contribution is 6.17. The van der Waals surface area contributed by atoms with Gasteiger partial charge in [0.05, 0.1) is 5.69 Å². The van der Waals surface area contributed by atoms with Crippen molar-refractivity contribution in [2.24, 2.45) is 0 Å². The third-order valence-electron chi connectivity index (χ3n) is 3.51. The SMILES string of the molecule is O=C1COCC(=O)N1c1cccc(CCc2ccccn2)c1. The fourth-order valence-corrected chi connectivity index (χ4v) is 2.45. The number of pyridine rings is 1. The summed E-state index contributed by atoms with van der Waals surface area (Å²) in [7, 11) is 0. The van der Waals surface area contributed by atoms with Gasteiger partial charge in [-0.25, -0.2) is 4.90 Å². The molecule has 0 unspecified atom stereocenters. The number of aryl methyl sites for hydroxylation is 2. The molecular formula is C17H16N2O3. The molecule has 1 aromatic heterocycles. The number of anilines is 1. The first-order chi connectivity index (χ1) is 10.7. The van der Waals surface area contributed by atoms with Crippen LogP contribution in [0.5, 0.6) is 0 Å².